The van der Waals surface area contributed by atoms with Gasteiger partial charge in [-0.05, 0) is 66.6 Å². The Hall–Kier alpha value is -0.630. The van der Waals surface area contributed by atoms with E-state index in [2.05, 4.69) is 32.5 Å². The fraction of sp³-hybridized carbons (Fsp3) is 0.538. The SMILES string of the molecule is CCN1CCC(NS(=O)(=O)c2ccc(Br)c(N)c2)CC1. The van der Waals surface area contributed by atoms with Crippen LogP contribution < -0.4 is 10.5 Å². The Morgan fingerprint density at radius 2 is 2.05 bits per heavy atom. The van der Waals surface area contributed by atoms with Gasteiger partial charge in [0.05, 0.1) is 4.90 Å². The Morgan fingerprint density at radius 1 is 1.40 bits per heavy atom. The van der Waals surface area contributed by atoms with E-state index in [1.807, 2.05) is 0 Å². The third-order valence-electron chi connectivity index (χ3n) is 3.63. The molecular weight excluding hydrogens is 342 g/mol. The number of likely N-dealkylation sites (tertiary alicyclic amines) is 1. The standard InChI is InChI=1S/C13H20BrN3O2S/c1-2-17-7-5-10(6-8-17)16-20(18,19)11-3-4-12(14)13(15)9-11/h3-4,9-10,16H,2,5-8,15H2,1H3. The average molecular weight is 362 g/mol. The fourth-order valence-corrected chi connectivity index (χ4v) is 3.93. The summed E-state index contributed by atoms with van der Waals surface area (Å²) in [4.78, 5) is 2.54. The molecule has 0 spiro atoms. The first-order valence-corrected chi connectivity index (χ1v) is 8.99. The lowest BCUT2D eigenvalue weighted by Gasteiger charge is -2.31. The van der Waals surface area contributed by atoms with E-state index < -0.39 is 10.0 Å². The number of hydrogen-bond acceptors (Lipinski definition) is 4. The summed E-state index contributed by atoms with van der Waals surface area (Å²) in [6, 6.07) is 4.70. The van der Waals surface area contributed by atoms with Crippen molar-refractivity contribution in [2.75, 3.05) is 25.4 Å². The van der Waals surface area contributed by atoms with Crippen LogP contribution in [0.25, 0.3) is 0 Å². The van der Waals surface area contributed by atoms with E-state index >= 15 is 0 Å². The van der Waals surface area contributed by atoms with Crippen molar-refractivity contribution in [3.8, 4) is 0 Å². The van der Waals surface area contributed by atoms with Gasteiger partial charge in [-0.25, -0.2) is 13.1 Å². The second-order valence-corrected chi connectivity index (χ2v) is 7.58. The first-order valence-electron chi connectivity index (χ1n) is 6.72. The highest BCUT2D eigenvalue weighted by molar-refractivity contribution is 9.10. The lowest BCUT2D eigenvalue weighted by molar-refractivity contribution is 0.217. The minimum atomic E-state index is -3.49. The molecule has 1 aromatic rings. The van der Waals surface area contributed by atoms with Gasteiger partial charge in [0.1, 0.15) is 0 Å². The zero-order valence-corrected chi connectivity index (χ0v) is 13.9. The molecule has 3 N–H and O–H groups in total. The number of rotatable bonds is 4. The first kappa shape index (κ1) is 15.8. The molecule has 1 aliphatic rings. The minimum Gasteiger partial charge on any atom is -0.398 e. The molecule has 0 bridgehead atoms. The molecule has 0 amide bonds. The number of benzene rings is 1. The van der Waals surface area contributed by atoms with Crippen LogP contribution in [0.5, 0.6) is 0 Å². The predicted molar refractivity (Wildman–Crippen MR) is 84.0 cm³/mol. The van der Waals surface area contributed by atoms with Gasteiger partial charge < -0.3 is 10.6 Å². The maximum absolute atomic E-state index is 12.3. The van der Waals surface area contributed by atoms with Gasteiger partial charge in [-0.2, -0.15) is 0 Å². The normalized spacial score (nSPS) is 18.3. The number of nitrogens with zero attached hydrogens (tertiary/aromatic N) is 1. The molecular formula is C13H20BrN3O2S. The molecule has 1 saturated heterocycles. The van der Waals surface area contributed by atoms with E-state index in [4.69, 9.17) is 5.73 Å². The molecule has 0 aliphatic carbocycles. The van der Waals surface area contributed by atoms with Gasteiger partial charge in [0, 0.05) is 16.2 Å². The second kappa shape index (κ2) is 6.43. The Balaban J connectivity index is 2.06. The molecule has 0 aromatic heterocycles. The van der Waals surface area contributed by atoms with Crippen LogP contribution in [0.2, 0.25) is 0 Å². The number of nitrogens with one attached hydrogen (secondary N) is 1. The van der Waals surface area contributed by atoms with Crippen LogP contribution in [0.3, 0.4) is 0 Å². The van der Waals surface area contributed by atoms with Crippen LogP contribution in [-0.4, -0.2) is 39.0 Å². The van der Waals surface area contributed by atoms with Gasteiger partial charge >= 0.3 is 0 Å². The Bertz CT molecular complexity index is 569. The zero-order chi connectivity index (χ0) is 14.8. The number of sulfonamides is 1. The van der Waals surface area contributed by atoms with Crippen molar-refractivity contribution in [2.45, 2.75) is 30.7 Å². The van der Waals surface area contributed by atoms with Crippen molar-refractivity contribution in [3.63, 3.8) is 0 Å². The highest BCUT2D eigenvalue weighted by Gasteiger charge is 2.24. The number of anilines is 1. The fourth-order valence-electron chi connectivity index (χ4n) is 2.34. The minimum absolute atomic E-state index is 0.00710. The maximum atomic E-state index is 12.3. The third kappa shape index (κ3) is 3.72. The summed E-state index contributed by atoms with van der Waals surface area (Å²) in [7, 11) is -3.49. The smallest absolute Gasteiger partial charge is 0.240 e. The second-order valence-electron chi connectivity index (χ2n) is 5.01. The van der Waals surface area contributed by atoms with Crippen molar-refractivity contribution in [2.24, 2.45) is 0 Å². The van der Waals surface area contributed by atoms with Crippen molar-refractivity contribution in [3.05, 3.63) is 22.7 Å². The molecule has 1 aliphatic heterocycles. The van der Waals surface area contributed by atoms with Gasteiger partial charge in [-0.15, -0.1) is 0 Å². The van der Waals surface area contributed by atoms with Crippen LogP contribution >= 0.6 is 15.9 Å². The summed E-state index contributed by atoms with van der Waals surface area (Å²) in [6.07, 6.45) is 1.69. The number of hydrogen-bond donors (Lipinski definition) is 2. The van der Waals surface area contributed by atoms with Crippen LogP contribution in [0.15, 0.2) is 27.6 Å². The molecule has 0 unspecified atom stereocenters. The molecule has 5 nitrogen and oxygen atoms in total. The summed E-state index contributed by atoms with van der Waals surface area (Å²) in [5, 5.41) is 0. The number of halogens is 1. The average Bonchev–Trinajstić information content (AvgIpc) is 2.42. The number of nitrogens with two attached hydrogens (primary N) is 1. The van der Waals surface area contributed by atoms with Crippen molar-refractivity contribution >= 4 is 31.6 Å². The summed E-state index contributed by atoms with van der Waals surface area (Å²) in [6.45, 7) is 5.01. The molecule has 7 heteroatoms. The topological polar surface area (TPSA) is 75.4 Å². The maximum Gasteiger partial charge on any atom is 0.240 e. The summed E-state index contributed by atoms with van der Waals surface area (Å²) in [5.41, 5.74) is 6.17. The molecule has 1 aromatic carbocycles. The molecule has 112 valence electrons. The van der Waals surface area contributed by atoms with E-state index in [9.17, 15) is 8.42 Å². The van der Waals surface area contributed by atoms with Crippen molar-refractivity contribution in [1.82, 2.24) is 9.62 Å². The van der Waals surface area contributed by atoms with Gasteiger partial charge in [-0.1, -0.05) is 6.92 Å². The Kier molecular flexibility index (Phi) is 5.06. The van der Waals surface area contributed by atoms with E-state index in [1.165, 1.54) is 6.07 Å². The highest BCUT2D eigenvalue weighted by atomic mass is 79.9. The summed E-state index contributed by atoms with van der Waals surface area (Å²) in [5.74, 6) is 0. The summed E-state index contributed by atoms with van der Waals surface area (Å²) < 4.78 is 28.1. The van der Waals surface area contributed by atoms with Gasteiger partial charge in [0.25, 0.3) is 0 Å². The molecule has 0 radical (unpaired) electrons. The first-order chi connectivity index (χ1) is 9.42. The summed E-state index contributed by atoms with van der Waals surface area (Å²) >= 11 is 3.26. The molecule has 0 atom stereocenters. The molecule has 1 fully saturated rings. The van der Waals surface area contributed by atoms with E-state index in [0.29, 0.717) is 10.2 Å². The zero-order valence-electron chi connectivity index (χ0n) is 11.5. The highest BCUT2D eigenvalue weighted by Crippen LogP contribution is 2.23. The van der Waals surface area contributed by atoms with Crippen LogP contribution in [0, 0.1) is 0 Å². The third-order valence-corrected chi connectivity index (χ3v) is 5.87. The number of nitrogen functional groups attached to an aromatic ring is 1. The van der Waals surface area contributed by atoms with Gasteiger partial charge in [0.2, 0.25) is 10.0 Å². The van der Waals surface area contributed by atoms with Crippen LogP contribution in [0.1, 0.15) is 19.8 Å². The molecule has 20 heavy (non-hydrogen) atoms. The molecule has 2 rings (SSSR count). The largest absolute Gasteiger partial charge is 0.398 e. The van der Waals surface area contributed by atoms with Gasteiger partial charge in [-0.3, -0.25) is 0 Å². The Labute approximate surface area is 128 Å². The Morgan fingerprint density at radius 3 is 2.60 bits per heavy atom. The molecule has 1 heterocycles. The van der Waals surface area contributed by atoms with E-state index in [1.54, 1.807) is 12.1 Å². The monoisotopic (exact) mass is 361 g/mol. The van der Waals surface area contributed by atoms with E-state index in [-0.39, 0.29) is 10.9 Å². The van der Waals surface area contributed by atoms with Crippen LogP contribution in [-0.2, 0) is 10.0 Å². The van der Waals surface area contributed by atoms with Crippen molar-refractivity contribution < 1.29 is 8.42 Å². The van der Waals surface area contributed by atoms with Crippen molar-refractivity contribution in [1.29, 1.82) is 0 Å². The van der Waals surface area contributed by atoms with Gasteiger partial charge in [0.15, 0.2) is 0 Å². The lowest BCUT2D eigenvalue weighted by atomic mass is 10.1. The lowest BCUT2D eigenvalue weighted by Crippen LogP contribution is -2.44. The van der Waals surface area contributed by atoms with Crippen LogP contribution in [0.4, 0.5) is 5.69 Å². The number of piperidine rings is 1. The van der Waals surface area contributed by atoms with E-state index in [0.717, 1.165) is 32.5 Å². The molecule has 0 saturated carbocycles. The predicted octanol–water partition coefficient (Wildman–Crippen LogP) is 1.79. The quantitative estimate of drug-likeness (QED) is 0.801.